The molecule has 190 valence electrons. The van der Waals surface area contributed by atoms with Gasteiger partial charge in [-0.25, -0.2) is 9.36 Å². The van der Waals surface area contributed by atoms with Gasteiger partial charge in [-0.1, -0.05) is 34.1 Å². The van der Waals surface area contributed by atoms with E-state index in [9.17, 15) is 24.1 Å². The highest BCUT2D eigenvalue weighted by Gasteiger charge is 2.38. The number of halogens is 1. The van der Waals surface area contributed by atoms with Gasteiger partial charge in [-0.05, 0) is 43.0 Å². The molecule has 0 radical (unpaired) electrons. The second-order valence-corrected chi connectivity index (χ2v) is 10.3. The van der Waals surface area contributed by atoms with Crippen molar-refractivity contribution in [3.05, 3.63) is 67.9 Å². The molecule has 13 heteroatoms. The van der Waals surface area contributed by atoms with E-state index in [1.54, 1.807) is 30.3 Å². The maximum absolute atomic E-state index is 13.5. The van der Waals surface area contributed by atoms with E-state index in [0.717, 1.165) is 0 Å². The fourth-order valence-electron chi connectivity index (χ4n) is 3.81. The lowest BCUT2D eigenvalue weighted by molar-refractivity contribution is -0.142. The van der Waals surface area contributed by atoms with Crippen LogP contribution in [-0.4, -0.2) is 46.5 Å². The molecule has 1 fully saturated rings. The van der Waals surface area contributed by atoms with Gasteiger partial charge in [-0.2, -0.15) is 5.09 Å². The first-order chi connectivity index (χ1) is 16.7. The minimum absolute atomic E-state index is 0.172. The molecule has 3 rings (SSSR count). The van der Waals surface area contributed by atoms with Crippen molar-refractivity contribution >= 4 is 35.7 Å². The maximum Gasteiger partial charge on any atom is 0.459 e. The molecule has 0 aliphatic heterocycles. The molecule has 0 bridgehead atoms. The van der Waals surface area contributed by atoms with Crippen molar-refractivity contribution < 1.29 is 28.3 Å². The van der Waals surface area contributed by atoms with Gasteiger partial charge < -0.3 is 14.4 Å². The van der Waals surface area contributed by atoms with Gasteiger partial charge in [0.25, 0.3) is 5.56 Å². The highest BCUT2D eigenvalue weighted by molar-refractivity contribution is 9.11. The molecule has 1 heterocycles. The third-order valence-electron chi connectivity index (χ3n) is 5.60. The average Bonchev–Trinajstić information content (AvgIpc) is 3.19. The third kappa shape index (κ3) is 7.02. The van der Waals surface area contributed by atoms with E-state index in [1.807, 2.05) is 0 Å². The number of nitrogens with zero attached hydrogens (tertiary/aromatic N) is 1. The number of carbonyl (C=O) groups is 1. The molecule has 1 saturated carbocycles. The Morgan fingerprint density at radius 2 is 2.06 bits per heavy atom. The zero-order chi connectivity index (χ0) is 25.6. The maximum atomic E-state index is 13.5. The number of benzene rings is 1. The first-order valence-corrected chi connectivity index (χ1v) is 13.3. The Morgan fingerprint density at radius 1 is 1.34 bits per heavy atom. The van der Waals surface area contributed by atoms with Gasteiger partial charge in [0.05, 0.1) is 25.4 Å². The lowest BCUT2D eigenvalue weighted by Gasteiger charge is -2.24. The van der Waals surface area contributed by atoms with E-state index in [2.05, 4.69) is 30.7 Å². The van der Waals surface area contributed by atoms with Crippen LogP contribution in [0.3, 0.4) is 0 Å². The van der Waals surface area contributed by atoms with E-state index in [4.69, 9.17) is 9.05 Å². The van der Waals surface area contributed by atoms with Crippen LogP contribution < -0.4 is 20.9 Å². The molecule has 11 nitrogen and oxygen atoms in total. The number of carbonyl (C=O) groups excluding carboxylic acids is 1. The van der Waals surface area contributed by atoms with Crippen LogP contribution in [0, 0.1) is 5.92 Å². The second-order valence-electron chi connectivity index (χ2n) is 8.07. The summed E-state index contributed by atoms with van der Waals surface area (Å²) in [5, 5.41) is 13.2. The number of esters is 1. The standard InChI is InChI=1S/C22H27BrN3O8P/c1-14(21(29)32-2)25-35(31,34-18-6-4-3-5-7-18)33-13-16-10-17(11-19(16)27)26-12-15(8-9-23)20(28)24-22(26)30/h3-9,12,14,16-17,19,27H,10-11,13H2,1-2H3,(H,25,31)(H,24,28,30)/b9-8+/t14-,16+,17+,19-,35?/m0/s1. The zero-order valence-corrected chi connectivity index (χ0v) is 21.6. The van der Waals surface area contributed by atoms with Gasteiger partial charge in [-0.3, -0.25) is 23.7 Å². The van der Waals surface area contributed by atoms with Crippen LogP contribution >= 0.6 is 23.7 Å². The quantitative estimate of drug-likeness (QED) is 0.289. The van der Waals surface area contributed by atoms with Crippen LogP contribution in [0.5, 0.6) is 5.75 Å². The number of rotatable bonds is 10. The number of H-pyrrole nitrogens is 1. The molecule has 1 aliphatic rings. The number of methoxy groups -OCH3 is 1. The number of para-hydroxylation sites is 1. The van der Waals surface area contributed by atoms with Crippen LogP contribution in [0.4, 0.5) is 0 Å². The van der Waals surface area contributed by atoms with E-state index < -0.39 is 49.1 Å². The molecular formula is C22H27BrN3O8P. The summed E-state index contributed by atoms with van der Waals surface area (Å²) in [7, 11) is -2.85. The van der Waals surface area contributed by atoms with Gasteiger partial charge >= 0.3 is 19.4 Å². The highest BCUT2D eigenvalue weighted by atomic mass is 79.9. The number of ether oxygens (including phenoxy) is 1. The Hall–Kier alpha value is -2.50. The van der Waals surface area contributed by atoms with Gasteiger partial charge in [-0.15, -0.1) is 0 Å². The molecule has 1 unspecified atom stereocenters. The number of aromatic amines is 1. The molecule has 2 aromatic rings. The largest absolute Gasteiger partial charge is 0.468 e. The third-order valence-corrected chi connectivity index (χ3v) is 7.51. The van der Waals surface area contributed by atoms with Gasteiger partial charge in [0.1, 0.15) is 11.8 Å². The molecule has 3 N–H and O–H groups in total. The predicted octanol–water partition coefficient (Wildman–Crippen LogP) is 2.57. The Balaban J connectivity index is 1.75. The Bertz CT molecular complexity index is 1220. The molecular weight excluding hydrogens is 545 g/mol. The topological polar surface area (TPSA) is 149 Å². The monoisotopic (exact) mass is 571 g/mol. The molecule has 1 aliphatic carbocycles. The van der Waals surface area contributed by atoms with Crippen molar-refractivity contribution in [2.45, 2.75) is 38.0 Å². The lowest BCUT2D eigenvalue weighted by Crippen LogP contribution is -2.35. The summed E-state index contributed by atoms with van der Waals surface area (Å²) < 4.78 is 30.7. The summed E-state index contributed by atoms with van der Waals surface area (Å²) in [5.41, 5.74) is -0.838. The summed E-state index contributed by atoms with van der Waals surface area (Å²) in [6.45, 7) is 1.28. The Kier molecular flexibility index (Phi) is 9.26. The molecule has 1 aromatic heterocycles. The predicted molar refractivity (Wildman–Crippen MR) is 132 cm³/mol. The van der Waals surface area contributed by atoms with Crippen LogP contribution in [0.25, 0.3) is 6.08 Å². The number of aliphatic hydroxyl groups excluding tert-OH is 1. The van der Waals surface area contributed by atoms with E-state index >= 15 is 0 Å². The molecule has 0 saturated heterocycles. The lowest BCUT2D eigenvalue weighted by atomic mass is 10.1. The smallest absolute Gasteiger partial charge is 0.459 e. The molecule has 0 spiro atoms. The fraction of sp³-hybridized carbons (Fsp3) is 0.409. The number of aromatic nitrogens is 2. The van der Waals surface area contributed by atoms with Gasteiger partial charge in [0.2, 0.25) is 0 Å². The Morgan fingerprint density at radius 3 is 2.71 bits per heavy atom. The van der Waals surface area contributed by atoms with E-state index in [1.165, 1.54) is 35.9 Å². The van der Waals surface area contributed by atoms with Crippen molar-refractivity contribution in [3.8, 4) is 5.75 Å². The second kappa shape index (κ2) is 12.0. The minimum atomic E-state index is -4.06. The zero-order valence-electron chi connectivity index (χ0n) is 19.1. The summed E-state index contributed by atoms with van der Waals surface area (Å²) in [5.74, 6) is -0.883. The highest BCUT2D eigenvalue weighted by Crippen LogP contribution is 2.47. The Labute approximate surface area is 209 Å². The van der Waals surface area contributed by atoms with E-state index in [0.29, 0.717) is 6.42 Å². The average molecular weight is 572 g/mol. The summed E-state index contributed by atoms with van der Waals surface area (Å²) in [6, 6.07) is 6.91. The van der Waals surface area contributed by atoms with Gasteiger partial charge in [0, 0.05) is 18.2 Å². The summed E-state index contributed by atoms with van der Waals surface area (Å²) >= 11 is 3.11. The van der Waals surface area contributed by atoms with Gasteiger partial charge in [0.15, 0.2) is 0 Å². The van der Waals surface area contributed by atoms with Crippen molar-refractivity contribution in [2.24, 2.45) is 5.92 Å². The number of nitrogens with one attached hydrogen (secondary N) is 2. The SMILES string of the molecule is COC(=O)[C@H](C)NP(=O)(OC[C@H]1C[C@@H](n2cc(/C=C/Br)c(=O)[nH]c2=O)C[C@@H]1O)Oc1ccccc1. The van der Waals surface area contributed by atoms with Crippen molar-refractivity contribution in [3.63, 3.8) is 0 Å². The fourth-order valence-corrected chi connectivity index (χ4v) is 5.64. The normalized spacial score (nSPS) is 22.6. The minimum Gasteiger partial charge on any atom is -0.468 e. The van der Waals surface area contributed by atoms with Crippen LogP contribution in [0.15, 0.2) is 51.1 Å². The van der Waals surface area contributed by atoms with Crippen LogP contribution in [0.1, 0.15) is 31.4 Å². The van der Waals surface area contributed by atoms with Crippen molar-refractivity contribution in [1.29, 1.82) is 0 Å². The molecule has 35 heavy (non-hydrogen) atoms. The number of aliphatic hydroxyl groups is 1. The first-order valence-electron chi connectivity index (χ1n) is 10.8. The van der Waals surface area contributed by atoms with Crippen LogP contribution in [-0.2, 0) is 18.6 Å². The molecule has 5 atom stereocenters. The van der Waals surface area contributed by atoms with Crippen molar-refractivity contribution in [1.82, 2.24) is 14.6 Å². The van der Waals surface area contributed by atoms with Crippen molar-refractivity contribution in [2.75, 3.05) is 13.7 Å². The molecule has 0 amide bonds. The van der Waals surface area contributed by atoms with E-state index in [-0.39, 0.29) is 24.3 Å². The number of hydrogen-bond donors (Lipinski definition) is 3. The summed E-state index contributed by atoms with van der Waals surface area (Å²) in [4.78, 5) is 40.0. The molecule has 1 aromatic carbocycles. The van der Waals surface area contributed by atoms with Crippen LogP contribution in [0.2, 0.25) is 0 Å². The summed E-state index contributed by atoms with van der Waals surface area (Å²) in [6.07, 6.45) is 2.63. The first kappa shape index (κ1) is 27.1. The number of hydrogen-bond acceptors (Lipinski definition) is 8.